The molecule has 0 unspecified atom stereocenters. The largest absolute Gasteiger partial charge is 0.495 e. The topological polar surface area (TPSA) is 65.3 Å². The number of hydrogen-bond acceptors (Lipinski definition) is 4. The van der Waals surface area contributed by atoms with E-state index in [4.69, 9.17) is 10.00 Å². The van der Waals surface area contributed by atoms with Gasteiger partial charge in [-0.15, -0.1) is 0 Å². The lowest BCUT2D eigenvalue weighted by molar-refractivity contribution is 0.0167. The second-order valence-electron chi connectivity index (χ2n) is 5.17. The van der Waals surface area contributed by atoms with E-state index in [-0.39, 0.29) is 0 Å². The molecule has 0 amide bonds. The Hall–Kier alpha value is -1.73. The van der Waals surface area contributed by atoms with Gasteiger partial charge in [0.15, 0.2) is 0 Å². The molecule has 1 aliphatic rings. The number of anilines is 1. The number of ether oxygens (including phenoxy) is 1. The zero-order valence-electron chi connectivity index (χ0n) is 11.3. The van der Waals surface area contributed by atoms with E-state index < -0.39 is 5.60 Å². The Bertz CT molecular complexity index is 474. The first-order chi connectivity index (χ1) is 9.17. The van der Waals surface area contributed by atoms with Crippen LogP contribution in [0.25, 0.3) is 0 Å². The van der Waals surface area contributed by atoms with E-state index in [1.807, 2.05) is 6.07 Å². The van der Waals surface area contributed by atoms with Crippen LogP contribution in [0.15, 0.2) is 18.2 Å². The molecular formula is C15H20N2O2. The molecule has 102 valence electrons. The summed E-state index contributed by atoms with van der Waals surface area (Å²) < 4.78 is 5.27. The minimum absolute atomic E-state index is 0.523. The maximum Gasteiger partial charge on any atom is 0.143 e. The van der Waals surface area contributed by atoms with E-state index in [2.05, 4.69) is 11.4 Å². The average Bonchev–Trinajstić information content (AvgIpc) is 2.45. The number of rotatable bonds is 4. The van der Waals surface area contributed by atoms with Crippen molar-refractivity contribution in [2.24, 2.45) is 0 Å². The summed E-state index contributed by atoms with van der Waals surface area (Å²) in [5.41, 5.74) is 0.774. The summed E-state index contributed by atoms with van der Waals surface area (Å²) in [4.78, 5) is 0. The normalized spacial score (nSPS) is 17.5. The van der Waals surface area contributed by atoms with E-state index >= 15 is 0 Å². The first-order valence-electron chi connectivity index (χ1n) is 6.71. The minimum atomic E-state index is -0.614. The molecule has 2 N–H and O–H groups in total. The summed E-state index contributed by atoms with van der Waals surface area (Å²) in [5.74, 6) is 0.637. The highest BCUT2D eigenvalue weighted by Crippen LogP contribution is 2.30. The van der Waals surface area contributed by atoms with Crippen LogP contribution in [0.3, 0.4) is 0 Å². The van der Waals surface area contributed by atoms with Gasteiger partial charge in [0.05, 0.1) is 30.0 Å². The summed E-state index contributed by atoms with van der Waals surface area (Å²) >= 11 is 0. The molecule has 4 heteroatoms. The van der Waals surface area contributed by atoms with Crippen molar-refractivity contribution in [2.75, 3.05) is 19.0 Å². The number of nitrogens with zero attached hydrogens (tertiary/aromatic N) is 1. The Morgan fingerprint density at radius 3 is 2.74 bits per heavy atom. The van der Waals surface area contributed by atoms with Crippen LogP contribution in [0.4, 0.5) is 5.69 Å². The van der Waals surface area contributed by atoms with Gasteiger partial charge in [-0.25, -0.2) is 0 Å². The van der Waals surface area contributed by atoms with Gasteiger partial charge in [-0.05, 0) is 25.0 Å². The van der Waals surface area contributed by atoms with Crippen LogP contribution in [0.2, 0.25) is 0 Å². The van der Waals surface area contributed by atoms with Crippen LogP contribution in [0, 0.1) is 11.3 Å². The Morgan fingerprint density at radius 1 is 1.37 bits per heavy atom. The van der Waals surface area contributed by atoms with Crippen LogP contribution >= 0.6 is 0 Å². The van der Waals surface area contributed by atoms with Gasteiger partial charge in [0.25, 0.3) is 0 Å². The number of methoxy groups -OCH3 is 1. The monoisotopic (exact) mass is 260 g/mol. The first-order valence-corrected chi connectivity index (χ1v) is 6.71. The average molecular weight is 260 g/mol. The zero-order chi connectivity index (χ0) is 13.7. The molecule has 0 bridgehead atoms. The SMILES string of the molecule is COc1cc(C#N)ccc1NCC1(O)CCCCC1. The van der Waals surface area contributed by atoms with E-state index in [1.54, 1.807) is 19.2 Å². The molecule has 0 atom stereocenters. The number of benzene rings is 1. The lowest BCUT2D eigenvalue weighted by atomic mass is 9.85. The Morgan fingerprint density at radius 2 is 2.11 bits per heavy atom. The van der Waals surface area contributed by atoms with Crippen LogP contribution in [-0.2, 0) is 0 Å². The van der Waals surface area contributed by atoms with Gasteiger partial charge in [-0.1, -0.05) is 19.3 Å². The van der Waals surface area contributed by atoms with Crippen molar-refractivity contribution in [2.45, 2.75) is 37.7 Å². The molecule has 1 fully saturated rings. The zero-order valence-corrected chi connectivity index (χ0v) is 11.3. The smallest absolute Gasteiger partial charge is 0.143 e. The summed E-state index contributed by atoms with van der Waals surface area (Å²) in [7, 11) is 1.58. The van der Waals surface area contributed by atoms with Crippen LogP contribution in [0.5, 0.6) is 5.75 Å². The van der Waals surface area contributed by atoms with Gasteiger partial charge in [0.2, 0.25) is 0 Å². The van der Waals surface area contributed by atoms with Crippen molar-refractivity contribution in [1.82, 2.24) is 0 Å². The predicted molar refractivity (Wildman–Crippen MR) is 74.2 cm³/mol. The van der Waals surface area contributed by atoms with Gasteiger partial charge in [0, 0.05) is 12.6 Å². The fourth-order valence-electron chi connectivity index (χ4n) is 2.55. The van der Waals surface area contributed by atoms with Gasteiger partial charge < -0.3 is 15.2 Å². The van der Waals surface area contributed by atoms with Gasteiger partial charge in [-0.3, -0.25) is 0 Å². The van der Waals surface area contributed by atoms with Crippen LogP contribution in [0.1, 0.15) is 37.7 Å². The lowest BCUT2D eigenvalue weighted by Crippen LogP contribution is -2.38. The van der Waals surface area contributed by atoms with Crippen molar-refractivity contribution >= 4 is 5.69 Å². The van der Waals surface area contributed by atoms with Gasteiger partial charge in [-0.2, -0.15) is 5.26 Å². The summed E-state index contributed by atoms with van der Waals surface area (Å²) in [5, 5.41) is 22.5. The fraction of sp³-hybridized carbons (Fsp3) is 0.533. The molecule has 0 radical (unpaired) electrons. The van der Waals surface area contributed by atoms with E-state index in [0.717, 1.165) is 31.4 Å². The van der Waals surface area contributed by atoms with Gasteiger partial charge in [0.1, 0.15) is 5.75 Å². The minimum Gasteiger partial charge on any atom is -0.495 e. The van der Waals surface area contributed by atoms with Crippen LogP contribution < -0.4 is 10.1 Å². The quantitative estimate of drug-likeness (QED) is 0.873. The third-order valence-corrected chi connectivity index (χ3v) is 3.72. The highest BCUT2D eigenvalue weighted by molar-refractivity contribution is 5.59. The fourth-order valence-corrected chi connectivity index (χ4v) is 2.55. The molecular weight excluding hydrogens is 240 g/mol. The molecule has 1 aromatic carbocycles. The molecule has 0 heterocycles. The highest BCUT2D eigenvalue weighted by atomic mass is 16.5. The summed E-state index contributed by atoms with van der Waals surface area (Å²) in [6.45, 7) is 0.523. The number of hydrogen-bond donors (Lipinski definition) is 2. The highest BCUT2D eigenvalue weighted by Gasteiger charge is 2.28. The Kier molecular flexibility index (Phi) is 4.28. The number of nitrogens with one attached hydrogen (secondary N) is 1. The van der Waals surface area contributed by atoms with Gasteiger partial charge >= 0.3 is 0 Å². The third-order valence-electron chi connectivity index (χ3n) is 3.72. The van der Waals surface area contributed by atoms with Crippen molar-refractivity contribution in [3.63, 3.8) is 0 Å². The van der Waals surface area contributed by atoms with Crippen LogP contribution in [-0.4, -0.2) is 24.4 Å². The van der Waals surface area contributed by atoms with E-state index in [9.17, 15) is 5.11 Å². The van der Waals surface area contributed by atoms with Crippen molar-refractivity contribution in [1.29, 1.82) is 5.26 Å². The summed E-state index contributed by atoms with van der Waals surface area (Å²) in [6, 6.07) is 7.36. The molecule has 1 saturated carbocycles. The summed E-state index contributed by atoms with van der Waals surface area (Å²) in [6.07, 6.45) is 5.07. The van der Waals surface area contributed by atoms with Crippen molar-refractivity contribution in [3.8, 4) is 11.8 Å². The number of nitriles is 1. The maximum atomic E-state index is 10.4. The molecule has 0 aromatic heterocycles. The standard InChI is InChI=1S/C15H20N2O2/c1-19-14-9-12(10-16)5-6-13(14)17-11-15(18)7-3-2-4-8-15/h5-6,9,17-18H,2-4,7-8,11H2,1H3. The predicted octanol–water partition coefficient (Wildman–Crippen LogP) is 2.67. The molecule has 0 saturated heterocycles. The molecule has 4 nitrogen and oxygen atoms in total. The van der Waals surface area contributed by atoms with E-state index in [1.165, 1.54) is 6.42 Å². The second kappa shape index (κ2) is 5.94. The molecule has 19 heavy (non-hydrogen) atoms. The number of aliphatic hydroxyl groups is 1. The Balaban J connectivity index is 2.04. The van der Waals surface area contributed by atoms with Crippen molar-refractivity contribution in [3.05, 3.63) is 23.8 Å². The molecule has 1 aliphatic carbocycles. The molecule has 0 spiro atoms. The molecule has 1 aromatic rings. The molecule has 0 aliphatic heterocycles. The molecule has 2 rings (SSSR count). The first kappa shape index (κ1) is 13.7. The van der Waals surface area contributed by atoms with Crippen molar-refractivity contribution < 1.29 is 9.84 Å². The lowest BCUT2D eigenvalue weighted by Gasteiger charge is -2.32. The Labute approximate surface area is 114 Å². The third kappa shape index (κ3) is 3.39. The van der Waals surface area contributed by atoms with E-state index in [0.29, 0.717) is 17.9 Å². The maximum absolute atomic E-state index is 10.4. The second-order valence-corrected chi connectivity index (χ2v) is 5.17.